The molecular weight excluding hydrogens is 459 g/mol. The maximum atomic E-state index is 13.7. The second-order valence-corrected chi connectivity index (χ2v) is 9.09. The van der Waals surface area contributed by atoms with Gasteiger partial charge >= 0.3 is 0 Å². The molecule has 2 heterocycles. The maximum Gasteiger partial charge on any atom is 0.277 e. The highest BCUT2D eigenvalue weighted by molar-refractivity contribution is 7.99. The zero-order valence-corrected chi connectivity index (χ0v) is 18.7. The van der Waals surface area contributed by atoms with Crippen LogP contribution in [0.15, 0.2) is 58.3 Å². The van der Waals surface area contributed by atoms with E-state index in [0.717, 1.165) is 27.8 Å². The largest absolute Gasteiger partial charge is 0.411 e. The van der Waals surface area contributed by atoms with Gasteiger partial charge in [-0.1, -0.05) is 35.5 Å². The van der Waals surface area contributed by atoms with Gasteiger partial charge < -0.3 is 9.73 Å². The molecule has 10 heteroatoms. The third kappa shape index (κ3) is 5.69. The van der Waals surface area contributed by atoms with E-state index in [4.69, 9.17) is 16.0 Å². The number of hydrogen-bond acceptors (Lipinski definition) is 7. The summed E-state index contributed by atoms with van der Waals surface area (Å²) >= 11 is 8.36. The predicted molar refractivity (Wildman–Crippen MR) is 120 cm³/mol. The molecule has 0 aliphatic rings. The van der Waals surface area contributed by atoms with Crippen molar-refractivity contribution in [3.8, 4) is 11.5 Å². The first kappa shape index (κ1) is 21.5. The first-order valence-corrected chi connectivity index (χ1v) is 11.4. The summed E-state index contributed by atoms with van der Waals surface area (Å²) in [5, 5.41) is 12.1. The molecule has 4 rings (SSSR count). The first-order chi connectivity index (χ1) is 15.0. The van der Waals surface area contributed by atoms with Crippen molar-refractivity contribution < 1.29 is 13.6 Å². The molecule has 6 nitrogen and oxygen atoms in total. The van der Waals surface area contributed by atoms with Crippen molar-refractivity contribution in [2.24, 2.45) is 0 Å². The third-order valence-corrected chi connectivity index (χ3v) is 6.22. The van der Waals surface area contributed by atoms with E-state index in [9.17, 15) is 9.18 Å². The Bertz CT molecular complexity index is 1210. The lowest BCUT2D eigenvalue weighted by Gasteiger charge is -2.01. The Kier molecular flexibility index (Phi) is 6.64. The smallest absolute Gasteiger partial charge is 0.277 e. The number of halogens is 2. The summed E-state index contributed by atoms with van der Waals surface area (Å²) in [5.41, 5.74) is 2.21. The van der Waals surface area contributed by atoms with Crippen LogP contribution in [0, 0.1) is 12.7 Å². The number of nitrogens with zero attached hydrogens (tertiary/aromatic N) is 3. The lowest BCUT2D eigenvalue weighted by atomic mass is 10.1. The molecule has 0 saturated carbocycles. The summed E-state index contributed by atoms with van der Waals surface area (Å²) in [4.78, 5) is 17.4. The highest BCUT2D eigenvalue weighted by atomic mass is 35.5. The van der Waals surface area contributed by atoms with Gasteiger partial charge in [0, 0.05) is 28.1 Å². The second kappa shape index (κ2) is 9.59. The minimum Gasteiger partial charge on any atom is -0.411 e. The number of thiazole rings is 1. The van der Waals surface area contributed by atoms with Crippen LogP contribution in [0.25, 0.3) is 11.5 Å². The highest BCUT2D eigenvalue weighted by Crippen LogP contribution is 2.25. The molecule has 1 N–H and O–H groups in total. The van der Waals surface area contributed by atoms with Crippen LogP contribution in [-0.4, -0.2) is 26.8 Å². The quantitative estimate of drug-likeness (QED) is 0.350. The molecule has 0 aliphatic carbocycles. The molecule has 31 heavy (non-hydrogen) atoms. The van der Waals surface area contributed by atoms with E-state index in [1.54, 1.807) is 43.5 Å². The molecular formula is C21H16ClFN4O2S2. The molecule has 0 saturated heterocycles. The minimum absolute atomic E-state index is 0.0976. The van der Waals surface area contributed by atoms with Gasteiger partial charge in [-0.15, -0.1) is 21.5 Å². The molecule has 4 aromatic rings. The van der Waals surface area contributed by atoms with Gasteiger partial charge in [-0.05, 0) is 48.4 Å². The van der Waals surface area contributed by atoms with E-state index >= 15 is 0 Å². The van der Waals surface area contributed by atoms with Gasteiger partial charge in [-0.3, -0.25) is 4.79 Å². The number of carbonyl (C=O) groups excluding carboxylic acids is 1. The molecule has 1 amide bonds. The summed E-state index contributed by atoms with van der Waals surface area (Å²) in [6.45, 7) is 1.73. The number of rotatable bonds is 7. The lowest BCUT2D eigenvalue weighted by molar-refractivity contribution is -0.113. The Balaban J connectivity index is 1.29. The van der Waals surface area contributed by atoms with Crippen molar-refractivity contribution in [1.29, 1.82) is 0 Å². The number of aryl methyl sites for hydroxylation is 1. The zero-order valence-electron chi connectivity index (χ0n) is 16.3. The van der Waals surface area contributed by atoms with Gasteiger partial charge in [-0.25, -0.2) is 9.37 Å². The number of thioether (sulfide) groups is 1. The number of aromatic nitrogens is 3. The topological polar surface area (TPSA) is 80.9 Å². The van der Waals surface area contributed by atoms with Crippen LogP contribution >= 0.6 is 34.7 Å². The van der Waals surface area contributed by atoms with Gasteiger partial charge in [0.15, 0.2) is 5.13 Å². The Hall–Kier alpha value is -2.75. The van der Waals surface area contributed by atoms with Crippen LogP contribution in [0.4, 0.5) is 9.52 Å². The van der Waals surface area contributed by atoms with Gasteiger partial charge in [0.1, 0.15) is 5.82 Å². The molecule has 0 unspecified atom stereocenters. The van der Waals surface area contributed by atoms with E-state index in [0.29, 0.717) is 33.3 Å². The van der Waals surface area contributed by atoms with Crippen LogP contribution in [0.2, 0.25) is 5.02 Å². The Morgan fingerprint density at radius 1 is 1.23 bits per heavy atom. The number of carbonyl (C=O) groups is 1. The fourth-order valence-electron chi connectivity index (χ4n) is 2.65. The molecule has 0 radical (unpaired) electrons. The van der Waals surface area contributed by atoms with Crippen LogP contribution < -0.4 is 5.32 Å². The molecule has 158 valence electrons. The van der Waals surface area contributed by atoms with Crippen molar-refractivity contribution in [3.05, 3.63) is 75.5 Å². The summed E-state index contributed by atoms with van der Waals surface area (Å²) < 4.78 is 19.3. The predicted octanol–water partition coefficient (Wildman–Crippen LogP) is 5.62. The molecule has 0 bridgehead atoms. The van der Waals surface area contributed by atoms with Crippen LogP contribution in [0.5, 0.6) is 0 Å². The molecule has 2 aromatic carbocycles. The maximum absolute atomic E-state index is 13.7. The summed E-state index contributed by atoms with van der Waals surface area (Å²) in [6, 6.07) is 12.2. The van der Waals surface area contributed by atoms with Gasteiger partial charge in [-0.2, -0.15) is 0 Å². The second-order valence-electron chi connectivity index (χ2n) is 6.61. The normalized spacial score (nSPS) is 10.9. The van der Waals surface area contributed by atoms with Crippen molar-refractivity contribution in [2.45, 2.75) is 18.6 Å². The number of nitrogens with one attached hydrogen (secondary N) is 1. The van der Waals surface area contributed by atoms with Crippen LogP contribution in [-0.2, 0) is 11.2 Å². The Morgan fingerprint density at radius 2 is 2.03 bits per heavy atom. The molecule has 0 spiro atoms. The Labute approximate surface area is 190 Å². The average Bonchev–Trinajstić information content (AvgIpc) is 3.39. The lowest BCUT2D eigenvalue weighted by Crippen LogP contribution is -2.13. The highest BCUT2D eigenvalue weighted by Gasteiger charge is 2.13. The molecule has 0 fully saturated rings. The summed E-state index contributed by atoms with van der Waals surface area (Å²) in [6.07, 6.45) is 2.23. The van der Waals surface area contributed by atoms with E-state index < -0.39 is 0 Å². The average molecular weight is 475 g/mol. The van der Waals surface area contributed by atoms with Crippen molar-refractivity contribution in [2.75, 3.05) is 11.1 Å². The van der Waals surface area contributed by atoms with Gasteiger partial charge in [0.05, 0.1) is 5.75 Å². The Morgan fingerprint density at radius 3 is 2.81 bits per heavy atom. The summed E-state index contributed by atoms with van der Waals surface area (Å²) in [5.74, 6) is -0.0108. The number of amides is 1. The number of benzene rings is 2. The number of hydrogen-bond donors (Lipinski definition) is 1. The molecule has 0 atom stereocenters. The van der Waals surface area contributed by atoms with Crippen molar-refractivity contribution in [3.63, 3.8) is 0 Å². The molecule has 2 aromatic heterocycles. The van der Waals surface area contributed by atoms with Crippen LogP contribution in [0.3, 0.4) is 0 Å². The zero-order chi connectivity index (χ0) is 21.8. The van der Waals surface area contributed by atoms with Crippen LogP contribution in [0.1, 0.15) is 16.0 Å². The fraction of sp³-hybridized carbons (Fsp3) is 0.143. The van der Waals surface area contributed by atoms with Crippen molar-refractivity contribution in [1.82, 2.24) is 15.2 Å². The summed E-state index contributed by atoms with van der Waals surface area (Å²) in [7, 11) is 0. The first-order valence-electron chi connectivity index (χ1n) is 9.18. The van der Waals surface area contributed by atoms with E-state index in [1.807, 2.05) is 6.07 Å². The third-order valence-electron chi connectivity index (χ3n) is 4.24. The van der Waals surface area contributed by atoms with Gasteiger partial charge in [0.2, 0.25) is 11.8 Å². The fourth-order valence-corrected chi connectivity index (χ4v) is 4.21. The number of anilines is 1. The monoisotopic (exact) mass is 474 g/mol. The van der Waals surface area contributed by atoms with E-state index in [1.165, 1.54) is 17.4 Å². The standard InChI is InChI=1S/C21H16ClFN4O2S2/c1-12-2-3-13(9-17(12)23)8-16-10-24-20(31-16)25-18(28)11-30-21-27-26-19(29-21)14-4-6-15(22)7-5-14/h2-7,9-10H,8,11H2,1H3,(H,24,25,28). The van der Waals surface area contributed by atoms with E-state index in [2.05, 4.69) is 20.5 Å². The van der Waals surface area contributed by atoms with Crippen molar-refractivity contribution >= 4 is 45.7 Å². The SMILES string of the molecule is Cc1ccc(Cc2cnc(NC(=O)CSc3nnc(-c4ccc(Cl)cc4)o3)s2)cc1F. The van der Waals surface area contributed by atoms with Gasteiger partial charge in [0.25, 0.3) is 5.22 Å². The van der Waals surface area contributed by atoms with E-state index in [-0.39, 0.29) is 17.5 Å². The minimum atomic E-state index is -0.237. The molecule has 0 aliphatic heterocycles.